The molecule has 4 heteroatoms. The van der Waals surface area contributed by atoms with Crippen LogP contribution in [0.25, 0.3) is 0 Å². The SMILES string of the molecule is CSc1ccc(C(C)NC(=O)CC2(N)CCC2)cc1. The predicted molar refractivity (Wildman–Crippen MR) is 80.2 cm³/mol. The highest BCUT2D eigenvalue weighted by Gasteiger charge is 2.34. The minimum Gasteiger partial charge on any atom is -0.350 e. The van der Waals surface area contributed by atoms with Gasteiger partial charge in [-0.1, -0.05) is 12.1 Å². The van der Waals surface area contributed by atoms with Gasteiger partial charge in [0.15, 0.2) is 0 Å². The maximum Gasteiger partial charge on any atom is 0.222 e. The third kappa shape index (κ3) is 3.74. The molecule has 1 fully saturated rings. The van der Waals surface area contributed by atoms with Crippen molar-refractivity contribution in [3.8, 4) is 0 Å². The van der Waals surface area contributed by atoms with Crippen LogP contribution in [0.5, 0.6) is 0 Å². The Hall–Kier alpha value is -1.00. The molecule has 0 heterocycles. The molecule has 0 spiro atoms. The fourth-order valence-electron chi connectivity index (χ4n) is 2.40. The van der Waals surface area contributed by atoms with E-state index in [-0.39, 0.29) is 17.5 Å². The molecule has 1 aliphatic rings. The van der Waals surface area contributed by atoms with Gasteiger partial charge in [-0.05, 0) is 50.1 Å². The van der Waals surface area contributed by atoms with Gasteiger partial charge in [0.1, 0.15) is 0 Å². The van der Waals surface area contributed by atoms with E-state index in [1.54, 1.807) is 11.8 Å². The van der Waals surface area contributed by atoms with Crippen molar-refractivity contribution in [2.24, 2.45) is 5.73 Å². The minimum atomic E-state index is -0.244. The first kappa shape index (κ1) is 14.4. The second-order valence-electron chi connectivity index (χ2n) is 5.46. The number of thioether (sulfide) groups is 1. The van der Waals surface area contributed by atoms with Crippen LogP contribution in [-0.2, 0) is 4.79 Å². The number of carbonyl (C=O) groups is 1. The van der Waals surface area contributed by atoms with Crippen LogP contribution in [0, 0.1) is 0 Å². The summed E-state index contributed by atoms with van der Waals surface area (Å²) in [6.45, 7) is 2.01. The van der Waals surface area contributed by atoms with E-state index in [4.69, 9.17) is 5.73 Å². The molecule has 1 aliphatic carbocycles. The van der Waals surface area contributed by atoms with E-state index in [0.717, 1.165) is 24.8 Å². The predicted octanol–water partition coefficient (Wildman–Crippen LogP) is 2.86. The standard InChI is InChI=1S/C15H22N2OS/c1-11(12-4-6-13(19-2)7-5-12)17-14(18)10-15(16)8-3-9-15/h4-7,11H,3,8-10,16H2,1-2H3,(H,17,18). The minimum absolute atomic E-state index is 0.0343. The zero-order chi connectivity index (χ0) is 13.9. The van der Waals surface area contributed by atoms with Gasteiger partial charge < -0.3 is 11.1 Å². The van der Waals surface area contributed by atoms with Crippen molar-refractivity contribution in [3.05, 3.63) is 29.8 Å². The van der Waals surface area contributed by atoms with Gasteiger partial charge in [-0.15, -0.1) is 11.8 Å². The molecule has 0 aliphatic heterocycles. The summed E-state index contributed by atoms with van der Waals surface area (Å²) in [7, 11) is 0. The Labute approximate surface area is 119 Å². The second kappa shape index (κ2) is 5.97. The summed E-state index contributed by atoms with van der Waals surface area (Å²) < 4.78 is 0. The summed E-state index contributed by atoms with van der Waals surface area (Å²) in [6, 6.07) is 8.33. The summed E-state index contributed by atoms with van der Waals surface area (Å²) in [5, 5.41) is 3.03. The largest absolute Gasteiger partial charge is 0.350 e. The van der Waals surface area contributed by atoms with Gasteiger partial charge in [0.05, 0.1) is 6.04 Å². The quantitative estimate of drug-likeness (QED) is 0.814. The molecule has 1 aromatic rings. The van der Waals surface area contributed by atoms with Crippen molar-refractivity contribution in [2.45, 2.75) is 49.1 Å². The topological polar surface area (TPSA) is 55.1 Å². The Morgan fingerprint density at radius 3 is 2.53 bits per heavy atom. The molecular weight excluding hydrogens is 256 g/mol. The third-order valence-electron chi connectivity index (χ3n) is 3.86. The smallest absolute Gasteiger partial charge is 0.222 e. The monoisotopic (exact) mass is 278 g/mol. The lowest BCUT2D eigenvalue weighted by Gasteiger charge is -2.37. The average molecular weight is 278 g/mol. The summed E-state index contributed by atoms with van der Waals surface area (Å²) >= 11 is 1.72. The summed E-state index contributed by atoms with van der Waals surface area (Å²) in [6.07, 6.45) is 5.59. The van der Waals surface area contributed by atoms with Crippen molar-refractivity contribution in [2.75, 3.05) is 6.26 Å². The van der Waals surface area contributed by atoms with Gasteiger partial charge in [-0.2, -0.15) is 0 Å². The van der Waals surface area contributed by atoms with Gasteiger partial charge in [0, 0.05) is 16.9 Å². The van der Waals surface area contributed by atoms with E-state index in [1.807, 2.05) is 6.92 Å². The van der Waals surface area contributed by atoms with Gasteiger partial charge >= 0.3 is 0 Å². The molecule has 1 unspecified atom stereocenters. The van der Waals surface area contributed by atoms with Crippen molar-refractivity contribution < 1.29 is 4.79 Å². The molecule has 3 nitrogen and oxygen atoms in total. The van der Waals surface area contributed by atoms with Crippen LogP contribution >= 0.6 is 11.8 Å². The van der Waals surface area contributed by atoms with Gasteiger partial charge in [-0.25, -0.2) is 0 Å². The lowest BCUT2D eigenvalue weighted by Crippen LogP contribution is -2.50. The van der Waals surface area contributed by atoms with Crippen molar-refractivity contribution >= 4 is 17.7 Å². The van der Waals surface area contributed by atoms with Gasteiger partial charge in [0.2, 0.25) is 5.91 Å². The Morgan fingerprint density at radius 2 is 2.05 bits per heavy atom. The first-order chi connectivity index (χ1) is 9.02. The van der Waals surface area contributed by atoms with E-state index < -0.39 is 0 Å². The normalized spacial score (nSPS) is 18.5. The van der Waals surface area contributed by atoms with Crippen LogP contribution in [0.15, 0.2) is 29.2 Å². The van der Waals surface area contributed by atoms with Crippen molar-refractivity contribution in [3.63, 3.8) is 0 Å². The van der Waals surface area contributed by atoms with Crippen LogP contribution in [0.2, 0.25) is 0 Å². The molecule has 104 valence electrons. The molecule has 0 aromatic heterocycles. The lowest BCUT2D eigenvalue weighted by molar-refractivity contribution is -0.123. The number of rotatable bonds is 5. The fraction of sp³-hybridized carbons (Fsp3) is 0.533. The molecule has 1 atom stereocenters. The maximum absolute atomic E-state index is 12.0. The summed E-state index contributed by atoms with van der Waals surface area (Å²) in [5.74, 6) is 0.0589. The number of amides is 1. The third-order valence-corrected chi connectivity index (χ3v) is 4.60. The summed E-state index contributed by atoms with van der Waals surface area (Å²) in [4.78, 5) is 13.2. The Bertz CT molecular complexity index is 440. The molecule has 0 bridgehead atoms. The van der Waals surface area contributed by atoms with Gasteiger partial charge in [-0.3, -0.25) is 4.79 Å². The second-order valence-corrected chi connectivity index (χ2v) is 6.33. The molecule has 1 amide bonds. The van der Waals surface area contributed by atoms with Gasteiger partial charge in [0.25, 0.3) is 0 Å². The number of carbonyl (C=O) groups excluding carboxylic acids is 1. The lowest BCUT2D eigenvalue weighted by atomic mass is 9.75. The first-order valence-electron chi connectivity index (χ1n) is 6.75. The van der Waals surface area contributed by atoms with Crippen LogP contribution in [0.3, 0.4) is 0 Å². The Morgan fingerprint density at radius 1 is 1.42 bits per heavy atom. The van der Waals surface area contributed by atoms with E-state index in [1.165, 1.54) is 4.90 Å². The van der Waals surface area contributed by atoms with Crippen molar-refractivity contribution in [1.82, 2.24) is 5.32 Å². The molecule has 2 rings (SSSR count). The number of hydrogen-bond acceptors (Lipinski definition) is 3. The highest BCUT2D eigenvalue weighted by Crippen LogP contribution is 2.32. The maximum atomic E-state index is 12.0. The van der Waals surface area contributed by atoms with E-state index in [2.05, 4.69) is 35.8 Å². The molecule has 19 heavy (non-hydrogen) atoms. The zero-order valence-electron chi connectivity index (χ0n) is 11.6. The number of nitrogens with one attached hydrogen (secondary N) is 1. The molecule has 0 radical (unpaired) electrons. The highest BCUT2D eigenvalue weighted by molar-refractivity contribution is 7.98. The fourth-order valence-corrected chi connectivity index (χ4v) is 2.80. The molecule has 1 saturated carbocycles. The molecule has 3 N–H and O–H groups in total. The molecular formula is C15H22N2OS. The van der Waals surface area contributed by atoms with E-state index in [0.29, 0.717) is 6.42 Å². The first-order valence-corrected chi connectivity index (χ1v) is 7.97. The summed E-state index contributed by atoms with van der Waals surface area (Å²) in [5.41, 5.74) is 6.98. The number of nitrogens with two attached hydrogens (primary N) is 1. The van der Waals surface area contributed by atoms with Crippen LogP contribution in [0.1, 0.15) is 44.2 Å². The van der Waals surface area contributed by atoms with Crippen LogP contribution < -0.4 is 11.1 Å². The van der Waals surface area contributed by atoms with E-state index in [9.17, 15) is 4.79 Å². The number of benzene rings is 1. The molecule has 0 saturated heterocycles. The van der Waals surface area contributed by atoms with Crippen molar-refractivity contribution in [1.29, 1.82) is 0 Å². The Kier molecular flexibility index (Phi) is 4.53. The average Bonchev–Trinajstić information content (AvgIpc) is 2.36. The van der Waals surface area contributed by atoms with E-state index >= 15 is 0 Å². The number of hydrogen-bond donors (Lipinski definition) is 2. The molecule has 1 aromatic carbocycles. The zero-order valence-corrected chi connectivity index (χ0v) is 12.4. The Balaban J connectivity index is 1.88. The highest BCUT2D eigenvalue weighted by atomic mass is 32.2. The van der Waals surface area contributed by atoms with Crippen LogP contribution in [-0.4, -0.2) is 17.7 Å². The van der Waals surface area contributed by atoms with Crippen LogP contribution in [0.4, 0.5) is 0 Å².